The van der Waals surface area contributed by atoms with Gasteiger partial charge in [0.05, 0.1) is 13.1 Å². The monoisotopic (exact) mass is 186 g/mol. The maximum absolute atomic E-state index is 4.56. The van der Waals surface area contributed by atoms with Crippen LogP contribution in [0.1, 0.15) is 18.4 Å². The second-order valence-corrected chi connectivity index (χ2v) is 3.43. The molecule has 0 unspecified atom stereocenters. The summed E-state index contributed by atoms with van der Waals surface area (Å²) in [5.74, 6) is 0. The lowest BCUT2D eigenvalue weighted by molar-refractivity contribution is 0.989. The fourth-order valence-electron chi connectivity index (χ4n) is 1.49. The Labute approximate surface area is 84.4 Å². The lowest BCUT2D eigenvalue weighted by Crippen LogP contribution is -2.08. The molecule has 14 heavy (non-hydrogen) atoms. The van der Waals surface area contributed by atoms with Crippen LogP contribution in [0.5, 0.6) is 0 Å². The summed E-state index contributed by atoms with van der Waals surface area (Å²) < 4.78 is 0. The molecule has 1 aliphatic rings. The number of hydrogen-bond acceptors (Lipinski definition) is 2. The summed E-state index contributed by atoms with van der Waals surface area (Å²) in [6, 6.07) is 10.3. The van der Waals surface area contributed by atoms with Gasteiger partial charge in [0.1, 0.15) is 0 Å². The average molecular weight is 186 g/mol. The van der Waals surface area contributed by atoms with E-state index < -0.39 is 0 Å². The Morgan fingerprint density at radius 3 is 2.79 bits per heavy atom. The predicted octanol–water partition coefficient (Wildman–Crippen LogP) is 2.49. The number of aliphatic imine (C=N–C) groups is 2. The Hall–Kier alpha value is -1.44. The average Bonchev–Trinajstić information content (AvgIpc) is 2.29. The molecule has 1 aromatic carbocycles. The van der Waals surface area contributed by atoms with E-state index in [1.807, 2.05) is 12.3 Å². The van der Waals surface area contributed by atoms with Crippen LogP contribution >= 0.6 is 0 Å². The molecule has 0 atom stereocenters. The van der Waals surface area contributed by atoms with Crippen LogP contribution in [-0.4, -0.2) is 18.5 Å². The number of benzene rings is 1. The summed E-state index contributed by atoms with van der Waals surface area (Å²) in [5.41, 5.74) is 2.51. The molecule has 72 valence electrons. The van der Waals surface area contributed by atoms with Gasteiger partial charge in [0, 0.05) is 5.71 Å². The van der Waals surface area contributed by atoms with E-state index in [9.17, 15) is 0 Å². The van der Waals surface area contributed by atoms with Crippen LogP contribution < -0.4 is 0 Å². The van der Waals surface area contributed by atoms with Gasteiger partial charge in [0.15, 0.2) is 0 Å². The summed E-state index contributed by atoms with van der Waals surface area (Å²) in [7, 11) is 0. The zero-order chi connectivity index (χ0) is 9.64. The van der Waals surface area contributed by atoms with E-state index >= 15 is 0 Å². The molecule has 2 nitrogen and oxygen atoms in total. The van der Waals surface area contributed by atoms with Crippen LogP contribution in [0.25, 0.3) is 0 Å². The number of hydrogen-bond donors (Lipinski definition) is 0. The molecule has 2 rings (SSSR count). The van der Waals surface area contributed by atoms with Gasteiger partial charge in [-0.2, -0.15) is 0 Å². The van der Waals surface area contributed by atoms with Gasteiger partial charge in [0.2, 0.25) is 0 Å². The van der Waals surface area contributed by atoms with E-state index in [0.29, 0.717) is 0 Å². The third-order valence-corrected chi connectivity index (χ3v) is 2.29. The maximum Gasteiger partial charge on any atom is 0.0764 e. The number of rotatable bonds is 2. The minimum Gasteiger partial charge on any atom is -0.292 e. The first-order valence-electron chi connectivity index (χ1n) is 4.99. The van der Waals surface area contributed by atoms with Gasteiger partial charge in [-0.25, -0.2) is 0 Å². The fourth-order valence-corrected chi connectivity index (χ4v) is 1.49. The molecular formula is C12H14N2. The van der Waals surface area contributed by atoms with Crippen LogP contribution in [0, 0.1) is 0 Å². The Bertz CT molecular complexity index is 339. The van der Waals surface area contributed by atoms with Crippen molar-refractivity contribution < 1.29 is 0 Å². The van der Waals surface area contributed by atoms with Crippen molar-refractivity contribution >= 4 is 11.9 Å². The highest BCUT2D eigenvalue weighted by molar-refractivity contribution is 5.91. The van der Waals surface area contributed by atoms with Gasteiger partial charge in [-0.15, -0.1) is 0 Å². The van der Waals surface area contributed by atoms with Crippen LogP contribution in [0.15, 0.2) is 40.3 Å². The molecule has 0 N–H and O–H groups in total. The highest BCUT2D eigenvalue weighted by Crippen LogP contribution is 2.04. The van der Waals surface area contributed by atoms with E-state index in [0.717, 1.165) is 25.9 Å². The van der Waals surface area contributed by atoms with Gasteiger partial charge < -0.3 is 0 Å². The standard InChI is InChI=1S/C12H14N2/c1-2-5-11(6-3-1)9-14-12-7-4-8-13-10-12/h1-3,5-6,8H,4,7,9-10H2. The van der Waals surface area contributed by atoms with Crippen molar-refractivity contribution in [3.8, 4) is 0 Å². The van der Waals surface area contributed by atoms with E-state index in [4.69, 9.17) is 0 Å². The normalized spacial score (nSPS) is 18.7. The molecule has 0 aliphatic carbocycles. The summed E-state index contributed by atoms with van der Waals surface area (Å²) in [4.78, 5) is 8.77. The zero-order valence-electron chi connectivity index (χ0n) is 8.19. The third kappa shape index (κ3) is 2.52. The fraction of sp³-hybridized carbons (Fsp3) is 0.333. The van der Waals surface area contributed by atoms with Crippen molar-refractivity contribution in [3.63, 3.8) is 0 Å². The molecule has 0 fully saturated rings. The lowest BCUT2D eigenvalue weighted by Gasteiger charge is -2.06. The van der Waals surface area contributed by atoms with Crippen molar-refractivity contribution in [1.29, 1.82) is 0 Å². The van der Waals surface area contributed by atoms with Crippen LogP contribution in [0.3, 0.4) is 0 Å². The smallest absolute Gasteiger partial charge is 0.0764 e. The van der Waals surface area contributed by atoms with Crippen LogP contribution in [0.4, 0.5) is 0 Å². The first-order valence-corrected chi connectivity index (χ1v) is 4.99. The second-order valence-electron chi connectivity index (χ2n) is 3.43. The summed E-state index contributed by atoms with van der Waals surface area (Å²) in [5, 5.41) is 0. The van der Waals surface area contributed by atoms with Gasteiger partial charge in [-0.3, -0.25) is 9.98 Å². The van der Waals surface area contributed by atoms with Crippen molar-refractivity contribution in [2.45, 2.75) is 19.4 Å². The Balaban J connectivity index is 1.96. The molecule has 1 aromatic rings. The van der Waals surface area contributed by atoms with Crippen molar-refractivity contribution in [2.24, 2.45) is 9.98 Å². The van der Waals surface area contributed by atoms with Crippen molar-refractivity contribution in [2.75, 3.05) is 6.54 Å². The minimum atomic E-state index is 0.797. The Kier molecular flexibility index (Phi) is 3.06. The van der Waals surface area contributed by atoms with Gasteiger partial charge >= 0.3 is 0 Å². The SMILES string of the molecule is C1=NCC(=NCc2ccccc2)CC1. The zero-order valence-corrected chi connectivity index (χ0v) is 8.19. The second kappa shape index (κ2) is 4.70. The molecule has 1 aliphatic heterocycles. The summed E-state index contributed by atoms with van der Waals surface area (Å²) in [6.45, 7) is 1.60. The first-order chi connectivity index (χ1) is 6.95. The molecule has 2 heteroatoms. The summed E-state index contributed by atoms with van der Waals surface area (Å²) in [6.07, 6.45) is 4.12. The predicted molar refractivity (Wildman–Crippen MR) is 60.2 cm³/mol. The van der Waals surface area contributed by atoms with Crippen LogP contribution in [0.2, 0.25) is 0 Å². The molecule has 0 saturated heterocycles. The Morgan fingerprint density at radius 1 is 1.21 bits per heavy atom. The van der Waals surface area contributed by atoms with E-state index in [-0.39, 0.29) is 0 Å². The molecule has 0 amide bonds. The highest BCUT2D eigenvalue weighted by atomic mass is 14.8. The third-order valence-electron chi connectivity index (χ3n) is 2.29. The molecule has 0 aromatic heterocycles. The lowest BCUT2D eigenvalue weighted by atomic mass is 10.1. The molecule has 0 radical (unpaired) electrons. The molecule has 0 saturated carbocycles. The minimum absolute atomic E-state index is 0.797. The Morgan fingerprint density at radius 2 is 2.07 bits per heavy atom. The molecule has 1 heterocycles. The molecule has 0 spiro atoms. The van der Waals surface area contributed by atoms with E-state index in [1.165, 1.54) is 11.3 Å². The van der Waals surface area contributed by atoms with E-state index in [2.05, 4.69) is 34.3 Å². The van der Waals surface area contributed by atoms with Gasteiger partial charge in [-0.1, -0.05) is 30.3 Å². The van der Waals surface area contributed by atoms with E-state index in [1.54, 1.807) is 0 Å². The molecular weight excluding hydrogens is 172 g/mol. The van der Waals surface area contributed by atoms with Gasteiger partial charge in [-0.05, 0) is 24.6 Å². The quantitative estimate of drug-likeness (QED) is 0.678. The van der Waals surface area contributed by atoms with Crippen molar-refractivity contribution in [3.05, 3.63) is 35.9 Å². The first kappa shape index (κ1) is 9.13. The van der Waals surface area contributed by atoms with Crippen LogP contribution in [-0.2, 0) is 6.54 Å². The maximum atomic E-state index is 4.56. The topological polar surface area (TPSA) is 24.7 Å². The molecule has 0 bridgehead atoms. The van der Waals surface area contributed by atoms with Crippen molar-refractivity contribution in [1.82, 2.24) is 0 Å². The highest BCUT2D eigenvalue weighted by Gasteiger charge is 2.01. The summed E-state index contributed by atoms with van der Waals surface area (Å²) >= 11 is 0. The van der Waals surface area contributed by atoms with Gasteiger partial charge in [0.25, 0.3) is 0 Å². The largest absolute Gasteiger partial charge is 0.292 e. The number of nitrogens with zero attached hydrogens (tertiary/aromatic N) is 2.